The molecular formula is C20H24N2. The van der Waals surface area contributed by atoms with Gasteiger partial charge in [0.1, 0.15) is 0 Å². The molecule has 114 valence electrons. The Balaban J connectivity index is 1.92. The fourth-order valence-electron chi connectivity index (χ4n) is 4.43. The van der Waals surface area contributed by atoms with Crippen LogP contribution in [0.3, 0.4) is 0 Å². The van der Waals surface area contributed by atoms with E-state index in [9.17, 15) is 0 Å². The second kappa shape index (κ2) is 4.94. The van der Waals surface area contributed by atoms with Gasteiger partial charge in [-0.25, -0.2) is 0 Å². The fraction of sp³-hybridized carbons (Fsp3) is 0.400. The van der Waals surface area contributed by atoms with Crippen molar-refractivity contribution in [1.29, 1.82) is 0 Å². The van der Waals surface area contributed by atoms with Crippen LogP contribution < -0.4 is 10.6 Å². The van der Waals surface area contributed by atoms with Gasteiger partial charge >= 0.3 is 0 Å². The molecule has 0 saturated heterocycles. The maximum Gasteiger partial charge on any atom is 0.0633 e. The first kappa shape index (κ1) is 14.0. The maximum absolute atomic E-state index is 3.84. The van der Waals surface area contributed by atoms with Crippen LogP contribution in [-0.4, -0.2) is 13.1 Å². The third kappa shape index (κ3) is 1.81. The lowest BCUT2D eigenvalue weighted by Gasteiger charge is -2.53. The Kier molecular flexibility index (Phi) is 3.14. The molecule has 2 aliphatic heterocycles. The topological polar surface area (TPSA) is 24.1 Å². The smallest absolute Gasteiger partial charge is 0.0633 e. The van der Waals surface area contributed by atoms with E-state index in [1.165, 1.54) is 22.3 Å². The van der Waals surface area contributed by atoms with Crippen LogP contribution >= 0.6 is 0 Å². The molecule has 0 saturated carbocycles. The van der Waals surface area contributed by atoms with Crippen molar-refractivity contribution in [3.8, 4) is 0 Å². The van der Waals surface area contributed by atoms with E-state index in [-0.39, 0.29) is 11.1 Å². The van der Waals surface area contributed by atoms with Gasteiger partial charge in [-0.3, -0.25) is 0 Å². The van der Waals surface area contributed by atoms with Crippen molar-refractivity contribution in [2.45, 2.75) is 37.8 Å². The Labute approximate surface area is 132 Å². The standard InChI is InChI=1S/C20H24N2/c1-19(17-9-5-3-7-15(17)11-13-21-19)20(2)18-10-6-4-8-16(18)12-14-22-20/h3-10,21-22H,11-14H2,1-2H3/t19-,20-/m0/s1. The number of fused-ring (bicyclic) bond motifs is 2. The predicted molar refractivity (Wildman–Crippen MR) is 91.0 cm³/mol. The molecule has 0 spiro atoms. The molecule has 2 aromatic carbocycles. The highest BCUT2D eigenvalue weighted by Gasteiger charge is 2.50. The number of hydrogen-bond acceptors (Lipinski definition) is 2. The van der Waals surface area contributed by atoms with Gasteiger partial charge in [-0.05, 0) is 48.9 Å². The van der Waals surface area contributed by atoms with E-state index in [4.69, 9.17) is 0 Å². The Morgan fingerprint density at radius 3 is 1.55 bits per heavy atom. The van der Waals surface area contributed by atoms with Gasteiger partial charge in [0.25, 0.3) is 0 Å². The second-order valence-corrected chi connectivity index (χ2v) is 6.92. The zero-order valence-corrected chi connectivity index (χ0v) is 13.4. The van der Waals surface area contributed by atoms with E-state index in [1.54, 1.807) is 0 Å². The third-order valence-electron chi connectivity index (χ3n) is 5.86. The average molecular weight is 292 g/mol. The highest BCUT2D eigenvalue weighted by molar-refractivity contribution is 5.46. The van der Waals surface area contributed by atoms with Crippen LogP contribution in [0.25, 0.3) is 0 Å². The quantitative estimate of drug-likeness (QED) is 0.844. The molecule has 0 bridgehead atoms. The molecule has 2 N–H and O–H groups in total. The molecule has 0 unspecified atom stereocenters. The number of benzene rings is 2. The lowest BCUT2D eigenvalue weighted by Crippen LogP contribution is -2.65. The summed E-state index contributed by atoms with van der Waals surface area (Å²) in [7, 11) is 0. The summed E-state index contributed by atoms with van der Waals surface area (Å²) >= 11 is 0. The monoisotopic (exact) mass is 292 g/mol. The SMILES string of the molecule is C[C@]1([C@@]2(C)NCCc3ccccc32)NCCc2ccccc21. The van der Waals surface area contributed by atoms with Crippen LogP contribution in [0.1, 0.15) is 36.1 Å². The van der Waals surface area contributed by atoms with E-state index < -0.39 is 0 Å². The highest BCUT2D eigenvalue weighted by Crippen LogP contribution is 2.45. The molecule has 2 nitrogen and oxygen atoms in total. The maximum atomic E-state index is 3.84. The summed E-state index contributed by atoms with van der Waals surface area (Å²) in [4.78, 5) is 0. The van der Waals surface area contributed by atoms with Crippen LogP contribution in [0.2, 0.25) is 0 Å². The van der Waals surface area contributed by atoms with Crippen LogP contribution in [0.5, 0.6) is 0 Å². The number of hydrogen-bond donors (Lipinski definition) is 2. The van der Waals surface area contributed by atoms with Gasteiger partial charge < -0.3 is 10.6 Å². The zero-order valence-electron chi connectivity index (χ0n) is 13.4. The number of rotatable bonds is 1. The summed E-state index contributed by atoms with van der Waals surface area (Å²) in [6.45, 7) is 6.79. The van der Waals surface area contributed by atoms with Gasteiger partial charge in [0.2, 0.25) is 0 Å². The van der Waals surface area contributed by atoms with Gasteiger partial charge in [-0.15, -0.1) is 0 Å². The molecule has 2 heterocycles. The van der Waals surface area contributed by atoms with Crippen LogP contribution in [0, 0.1) is 0 Å². The summed E-state index contributed by atoms with van der Waals surface area (Å²) in [5.74, 6) is 0. The summed E-state index contributed by atoms with van der Waals surface area (Å²) < 4.78 is 0. The first-order valence-electron chi connectivity index (χ1n) is 8.32. The minimum atomic E-state index is -0.0988. The van der Waals surface area contributed by atoms with Crippen LogP contribution in [0.15, 0.2) is 48.5 Å². The predicted octanol–water partition coefficient (Wildman–Crippen LogP) is 3.11. The van der Waals surface area contributed by atoms with Crippen molar-refractivity contribution >= 4 is 0 Å². The molecule has 0 aliphatic carbocycles. The lowest BCUT2D eigenvalue weighted by atomic mass is 9.65. The minimum Gasteiger partial charge on any atom is -0.305 e. The van der Waals surface area contributed by atoms with Gasteiger partial charge in [0, 0.05) is 13.1 Å². The Morgan fingerprint density at radius 1 is 0.682 bits per heavy atom. The lowest BCUT2D eigenvalue weighted by molar-refractivity contribution is 0.141. The van der Waals surface area contributed by atoms with Crippen molar-refractivity contribution < 1.29 is 0 Å². The Morgan fingerprint density at radius 2 is 1.09 bits per heavy atom. The molecule has 22 heavy (non-hydrogen) atoms. The molecule has 2 aromatic rings. The summed E-state index contributed by atoms with van der Waals surface area (Å²) in [5.41, 5.74) is 5.64. The van der Waals surface area contributed by atoms with Gasteiger partial charge in [0.15, 0.2) is 0 Å². The molecule has 0 aromatic heterocycles. The van der Waals surface area contributed by atoms with Gasteiger partial charge in [-0.1, -0.05) is 48.5 Å². The fourth-order valence-corrected chi connectivity index (χ4v) is 4.43. The van der Waals surface area contributed by atoms with E-state index in [0.717, 1.165) is 25.9 Å². The Bertz CT molecular complexity index is 647. The van der Waals surface area contributed by atoms with E-state index in [2.05, 4.69) is 73.0 Å². The van der Waals surface area contributed by atoms with Crippen molar-refractivity contribution in [3.05, 3.63) is 70.8 Å². The van der Waals surface area contributed by atoms with Crippen molar-refractivity contribution in [2.75, 3.05) is 13.1 Å². The first-order chi connectivity index (χ1) is 10.7. The van der Waals surface area contributed by atoms with Crippen LogP contribution in [-0.2, 0) is 23.9 Å². The van der Waals surface area contributed by atoms with Gasteiger partial charge in [0.05, 0.1) is 11.1 Å². The molecule has 2 aliphatic rings. The average Bonchev–Trinajstić information content (AvgIpc) is 2.56. The van der Waals surface area contributed by atoms with Crippen molar-refractivity contribution in [3.63, 3.8) is 0 Å². The molecule has 0 radical (unpaired) electrons. The highest BCUT2D eigenvalue weighted by atomic mass is 15.1. The van der Waals surface area contributed by atoms with Crippen LogP contribution in [0.4, 0.5) is 0 Å². The summed E-state index contributed by atoms with van der Waals surface area (Å²) in [5, 5.41) is 7.68. The number of nitrogens with one attached hydrogen (secondary N) is 2. The largest absolute Gasteiger partial charge is 0.305 e. The molecular weight excluding hydrogens is 268 g/mol. The molecule has 2 heteroatoms. The van der Waals surface area contributed by atoms with Crippen molar-refractivity contribution in [1.82, 2.24) is 10.6 Å². The van der Waals surface area contributed by atoms with E-state index in [0.29, 0.717) is 0 Å². The minimum absolute atomic E-state index is 0.0988. The van der Waals surface area contributed by atoms with E-state index >= 15 is 0 Å². The summed E-state index contributed by atoms with van der Waals surface area (Å²) in [6.07, 6.45) is 2.23. The zero-order chi connectivity index (χ0) is 15.2. The molecule has 0 amide bonds. The molecule has 2 atom stereocenters. The Hall–Kier alpha value is -1.64. The normalized spacial score (nSPS) is 30.5. The third-order valence-corrected chi connectivity index (χ3v) is 5.86. The first-order valence-corrected chi connectivity index (χ1v) is 8.32. The van der Waals surface area contributed by atoms with Crippen molar-refractivity contribution in [2.24, 2.45) is 0 Å². The summed E-state index contributed by atoms with van der Waals surface area (Å²) in [6, 6.07) is 17.8. The van der Waals surface area contributed by atoms with Gasteiger partial charge in [-0.2, -0.15) is 0 Å². The van der Waals surface area contributed by atoms with E-state index in [1.807, 2.05) is 0 Å². The second-order valence-electron chi connectivity index (χ2n) is 6.92. The molecule has 4 rings (SSSR count). The molecule has 0 fully saturated rings.